The maximum Gasteiger partial charge on any atom is 0.326 e. The first-order valence-corrected chi connectivity index (χ1v) is 5.80. The predicted molar refractivity (Wildman–Crippen MR) is 60.0 cm³/mol. The molecule has 0 spiro atoms. The van der Waals surface area contributed by atoms with Gasteiger partial charge in [0.15, 0.2) is 0 Å². The average molecular weight is 228 g/mol. The van der Waals surface area contributed by atoms with Gasteiger partial charge in [-0.05, 0) is 25.4 Å². The summed E-state index contributed by atoms with van der Waals surface area (Å²) in [5, 5.41) is 14.6. The largest absolute Gasteiger partial charge is 0.480 e. The zero-order valence-corrected chi connectivity index (χ0v) is 9.82. The van der Waals surface area contributed by atoms with Crippen molar-refractivity contribution in [2.45, 2.75) is 32.7 Å². The number of rotatable bonds is 6. The highest BCUT2D eigenvalue weighted by molar-refractivity contribution is 5.85. The molecule has 0 bridgehead atoms. The molecular formula is C11H20N2O3. The van der Waals surface area contributed by atoms with E-state index in [1.54, 1.807) is 0 Å². The Labute approximate surface area is 95.6 Å². The molecule has 92 valence electrons. The number of hydrogen-bond acceptors (Lipinski definition) is 3. The van der Waals surface area contributed by atoms with Crippen LogP contribution in [-0.2, 0) is 9.59 Å². The van der Waals surface area contributed by atoms with Crippen molar-refractivity contribution in [2.75, 3.05) is 13.1 Å². The Balaban J connectivity index is 2.43. The maximum atomic E-state index is 11.8. The third-order valence-electron chi connectivity index (χ3n) is 3.13. The van der Waals surface area contributed by atoms with E-state index in [4.69, 9.17) is 5.11 Å². The van der Waals surface area contributed by atoms with Crippen LogP contribution >= 0.6 is 0 Å². The van der Waals surface area contributed by atoms with E-state index in [1.165, 1.54) is 0 Å². The van der Waals surface area contributed by atoms with Gasteiger partial charge in [0.1, 0.15) is 6.04 Å². The van der Waals surface area contributed by atoms with Crippen LogP contribution in [-0.4, -0.2) is 36.1 Å². The average Bonchev–Trinajstić information content (AvgIpc) is 2.13. The second kappa shape index (κ2) is 5.84. The number of carbonyl (C=O) groups is 2. The van der Waals surface area contributed by atoms with Crippen molar-refractivity contribution in [3.05, 3.63) is 0 Å². The van der Waals surface area contributed by atoms with Crippen LogP contribution in [0.3, 0.4) is 0 Å². The monoisotopic (exact) mass is 228 g/mol. The molecule has 1 amide bonds. The molecule has 16 heavy (non-hydrogen) atoms. The van der Waals surface area contributed by atoms with E-state index in [2.05, 4.69) is 10.6 Å². The molecule has 5 nitrogen and oxygen atoms in total. The Morgan fingerprint density at radius 3 is 2.50 bits per heavy atom. The topological polar surface area (TPSA) is 78.4 Å². The fraction of sp³-hybridized carbons (Fsp3) is 0.818. The summed E-state index contributed by atoms with van der Waals surface area (Å²) in [6.07, 6.45) is 1.23. The fourth-order valence-corrected chi connectivity index (χ4v) is 1.73. The van der Waals surface area contributed by atoms with E-state index in [0.29, 0.717) is 12.3 Å². The summed E-state index contributed by atoms with van der Waals surface area (Å²) in [7, 11) is 0. The van der Waals surface area contributed by atoms with E-state index >= 15 is 0 Å². The third-order valence-corrected chi connectivity index (χ3v) is 3.13. The maximum absolute atomic E-state index is 11.8. The van der Waals surface area contributed by atoms with E-state index in [9.17, 15) is 9.59 Å². The summed E-state index contributed by atoms with van der Waals surface area (Å²) in [4.78, 5) is 22.6. The summed E-state index contributed by atoms with van der Waals surface area (Å²) in [5.41, 5.74) is 0. The summed E-state index contributed by atoms with van der Waals surface area (Å²) in [6, 6.07) is -0.743. The molecule has 2 atom stereocenters. The quantitative estimate of drug-likeness (QED) is 0.607. The second-order valence-electron chi connectivity index (χ2n) is 4.40. The van der Waals surface area contributed by atoms with Crippen LogP contribution in [0.5, 0.6) is 0 Å². The molecule has 0 aromatic heterocycles. The second-order valence-corrected chi connectivity index (χ2v) is 4.40. The molecular weight excluding hydrogens is 208 g/mol. The van der Waals surface area contributed by atoms with Crippen LogP contribution in [0.4, 0.5) is 0 Å². The molecule has 1 fully saturated rings. The molecule has 0 saturated carbocycles. The van der Waals surface area contributed by atoms with Crippen molar-refractivity contribution >= 4 is 11.9 Å². The summed E-state index contributed by atoms with van der Waals surface area (Å²) in [6.45, 7) is 5.45. The Morgan fingerprint density at radius 1 is 1.50 bits per heavy atom. The van der Waals surface area contributed by atoms with Crippen LogP contribution in [0.25, 0.3) is 0 Å². The zero-order chi connectivity index (χ0) is 12.1. The predicted octanol–water partition coefficient (Wildman–Crippen LogP) is 0.211. The van der Waals surface area contributed by atoms with Gasteiger partial charge in [0.05, 0.1) is 0 Å². The Hall–Kier alpha value is -1.10. The van der Waals surface area contributed by atoms with Gasteiger partial charge < -0.3 is 15.7 Å². The van der Waals surface area contributed by atoms with Crippen molar-refractivity contribution in [1.82, 2.24) is 10.6 Å². The number of amides is 1. The molecule has 0 aromatic carbocycles. The van der Waals surface area contributed by atoms with Gasteiger partial charge in [-0.25, -0.2) is 4.79 Å². The van der Waals surface area contributed by atoms with Gasteiger partial charge in [-0.3, -0.25) is 4.79 Å². The summed E-state index contributed by atoms with van der Waals surface area (Å²) >= 11 is 0. The van der Waals surface area contributed by atoms with Gasteiger partial charge >= 0.3 is 5.97 Å². The van der Waals surface area contributed by atoms with Crippen LogP contribution < -0.4 is 10.6 Å². The lowest BCUT2D eigenvalue weighted by molar-refractivity contribution is -0.143. The lowest BCUT2D eigenvalue weighted by Gasteiger charge is -2.32. The van der Waals surface area contributed by atoms with Crippen LogP contribution in [0.15, 0.2) is 0 Å². The molecule has 1 heterocycles. The minimum absolute atomic E-state index is 0.111. The molecule has 0 aliphatic carbocycles. The molecule has 3 N–H and O–H groups in total. The highest BCUT2D eigenvalue weighted by Gasteiger charge is 2.30. The lowest BCUT2D eigenvalue weighted by Crippen LogP contribution is -2.52. The van der Waals surface area contributed by atoms with E-state index in [-0.39, 0.29) is 11.8 Å². The van der Waals surface area contributed by atoms with Gasteiger partial charge in [-0.1, -0.05) is 20.3 Å². The standard InChI is InChI=1S/C11H20N2O3/c1-3-4-9(11(15)16)13-10(14)7(2)8-5-12-6-8/h7-9,12H,3-6H2,1-2H3,(H,13,14)(H,15,16)/t7?,9-/m0/s1. The fourth-order valence-electron chi connectivity index (χ4n) is 1.73. The van der Waals surface area contributed by atoms with Crippen molar-refractivity contribution in [3.8, 4) is 0 Å². The molecule has 0 aromatic rings. The van der Waals surface area contributed by atoms with Crippen molar-refractivity contribution in [2.24, 2.45) is 11.8 Å². The van der Waals surface area contributed by atoms with Crippen LogP contribution in [0.1, 0.15) is 26.7 Å². The number of carboxylic acids is 1. The summed E-state index contributed by atoms with van der Waals surface area (Å²) < 4.78 is 0. The summed E-state index contributed by atoms with van der Waals surface area (Å²) in [5.74, 6) is -0.863. The van der Waals surface area contributed by atoms with E-state index in [1.807, 2.05) is 13.8 Å². The molecule has 0 radical (unpaired) electrons. The number of carboxylic acid groups (broad SMARTS) is 1. The van der Waals surface area contributed by atoms with E-state index in [0.717, 1.165) is 19.5 Å². The third kappa shape index (κ3) is 3.20. The highest BCUT2D eigenvalue weighted by Crippen LogP contribution is 2.16. The zero-order valence-electron chi connectivity index (χ0n) is 9.82. The van der Waals surface area contributed by atoms with Gasteiger partial charge in [-0.15, -0.1) is 0 Å². The lowest BCUT2D eigenvalue weighted by atomic mass is 9.88. The molecule has 1 unspecified atom stereocenters. The molecule has 1 saturated heterocycles. The SMILES string of the molecule is CCC[C@H](NC(=O)C(C)C1CNC1)C(=O)O. The first-order valence-electron chi connectivity index (χ1n) is 5.80. The minimum atomic E-state index is -0.950. The number of nitrogens with one attached hydrogen (secondary N) is 2. The number of carbonyl (C=O) groups excluding carboxylic acids is 1. The van der Waals surface area contributed by atoms with Crippen LogP contribution in [0.2, 0.25) is 0 Å². The Bertz CT molecular complexity index is 264. The minimum Gasteiger partial charge on any atom is -0.480 e. The number of aliphatic carboxylic acids is 1. The first kappa shape index (κ1) is 13.0. The first-order chi connectivity index (χ1) is 7.56. The van der Waals surface area contributed by atoms with Crippen molar-refractivity contribution in [1.29, 1.82) is 0 Å². The van der Waals surface area contributed by atoms with Gasteiger partial charge in [0.2, 0.25) is 5.91 Å². The van der Waals surface area contributed by atoms with E-state index < -0.39 is 12.0 Å². The Kier molecular flexibility index (Phi) is 4.73. The Morgan fingerprint density at radius 2 is 2.12 bits per heavy atom. The normalized spacial score (nSPS) is 19.6. The molecule has 1 aliphatic rings. The smallest absolute Gasteiger partial charge is 0.326 e. The molecule has 1 aliphatic heterocycles. The van der Waals surface area contributed by atoms with Gasteiger partial charge in [0, 0.05) is 5.92 Å². The van der Waals surface area contributed by atoms with Crippen molar-refractivity contribution in [3.63, 3.8) is 0 Å². The van der Waals surface area contributed by atoms with Gasteiger partial charge in [0.25, 0.3) is 0 Å². The van der Waals surface area contributed by atoms with Gasteiger partial charge in [-0.2, -0.15) is 0 Å². The highest BCUT2D eigenvalue weighted by atomic mass is 16.4. The van der Waals surface area contributed by atoms with Crippen LogP contribution in [0, 0.1) is 11.8 Å². The molecule has 1 rings (SSSR count). The molecule has 5 heteroatoms. The number of hydrogen-bond donors (Lipinski definition) is 3. The van der Waals surface area contributed by atoms with Crippen molar-refractivity contribution < 1.29 is 14.7 Å².